The van der Waals surface area contributed by atoms with Crippen LogP contribution < -0.4 is 0 Å². The Balaban J connectivity index is 3.04. The fourth-order valence-corrected chi connectivity index (χ4v) is 1.50. The van der Waals surface area contributed by atoms with Crippen LogP contribution >= 0.6 is 0 Å². The molecule has 1 rings (SSSR count). The quantitative estimate of drug-likeness (QED) is 0.485. The van der Waals surface area contributed by atoms with Crippen LogP contribution in [-0.2, 0) is 4.79 Å². The lowest BCUT2D eigenvalue weighted by Gasteiger charge is -2.29. The lowest BCUT2D eigenvalue weighted by atomic mass is 9.74. The fourth-order valence-electron chi connectivity index (χ4n) is 1.50. The number of carbonyl (C=O) groups is 1. The molecule has 0 atom stereocenters. The minimum Gasteiger partial charge on any atom is -0.290 e. The van der Waals surface area contributed by atoms with Crippen molar-refractivity contribution in [2.75, 3.05) is 0 Å². The van der Waals surface area contributed by atoms with E-state index in [1.54, 1.807) is 6.08 Å². The van der Waals surface area contributed by atoms with Crippen molar-refractivity contribution in [1.82, 2.24) is 0 Å². The van der Waals surface area contributed by atoms with Gasteiger partial charge in [0, 0.05) is 0 Å². The Morgan fingerprint density at radius 2 is 2.09 bits per heavy atom. The third-order valence-corrected chi connectivity index (χ3v) is 2.21. The zero-order valence-electron chi connectivity index (χ0n) is 7.40. The van der Waals surface area contributed by atoms with Gasteiger partial charge in [-0.3, -0.25) is 4.79 Å². The average molecular weight is 150 g/mol. The van der Waals surface area contributed by atoms with Crippen molar-refractivity contribution in [1.29, 1.82) is 0 Å². The highest BCUT2D eigenvalue weighted by atomic mass is 16.1. The number of rotatable bonds is 0. The van der Waals surface area contributed by atoms with E-state index in [0.717, 1.165) is 17.6 Å². The van der Waals surface area contributed by atoms with Gasteiger partial charge in [-0.25, -0.2) is 0 Å². The molecule has 0 bridgehead atoms. The van der Waals surface area contributed by atoms with E-state index in [1.165, 1.54) is 0 Å². The van der Waals surface area contributed by atoms with Crippen molar-refractivity contribution in [3.63, 3.8) is 0 Å². The van der Waals surface area contributed by atoms with Gasteiger partial charge in [0.05, 0.1) is 0 Å². The van der Waals surface area contributed by atoms with Crippen molar-refractivity contribution in [3.05, 3.63) is 23.8 Å². The summed E-state index contributed by atoms with van der Waals surface area (Å²) in [4.78, 5) is 11.2. The molecule has 0 fully saturated rings. The zero-order chi connectivity index (χ0) is 8.65. The highest BCUT2D eigenvalue weighted by molar-refractivity contribution is 6.05. The minimum absolute atomic E-state index is 0.0318. The monoisotopic (exact) mass is 150 g/mol. The molecule has 0 saturated carbocycles. The van der Waals surface area contributed by atoms with Crippen LogP contribution in [0.3, 0.4) is 0 Å². The topological polar surface area (TPSA) is 17.1 Å². The minimum atomic E-state index is -0.0318. The van der Waals surface area contributed by atoms with Crippen LogP contribution in [0.5, 0.6) is 0 Å². The number of carbonyl (C=O) groups excluding carboxylic acids is 1. The lowest BCUT2D eigenvalue weighted by molar-refractivity contribution is -0.112. The van der Waals surface area contributed by atoms with Crippen molar-refractivity contribution >= 4 is 5.78 Å². The maximum atomic E-state index is 11.2. The maximum absolute atomic E-state index is 11.2. The van der Waals surface area contributed by atoms with Crippen molar-refractivity contribution in [2.24, 2.45) is 5.41 Å². The summed E-state index contributed by atoms with van der Waals surface area (Å²) in [6, 6.07) is 0. The van der Waals surface area contributed by atoms with Crippen molar-refractivity contribution in [2.45, 2.75) is 27.2 Å². The predicted molar refractivity (Wildman–Crippen MR) is 46.3 cm³/mol. The summed E-state index contributed by atoms with van der Waals surface area (Å²) in [6.45, 7) is 9.90. The molecule has 0 spiro atoms. The highest BCUT2D eigenvalue weighted by Crippen LogP contribution is 2.36. The molecule has 0 aliphatic heterocycles. The predicted octanol–water partition coefficient (Wildman–Crippen LogP) is 2.49. The average Bonchev–Trinajstić information content (AvgIpc) is 1.81. The molecule has 1 aliphatic rings. The first-order valence-corrected chi connectivity index (χ1v) is 3.84. The van der Waals surface area contributed by atoms with Crippen molar-refractivity contribution in [3.8, 4) is 0 Å². The fraction of sp³-hybridized carbons (Fsp3) is 0.500. The van der Waals surface area contributed by atoms with E-state index in [9.17, 15) is 4.79 Å². The van der Waals surface area contributed by atoms with E-state index in [1.807, 2.05) is 6.92 Å². The molecule has 1 nitrogen and oxygen atoms in total. The van der Waals surface area contributed by atoms with Gasteiger partial charge < -0.3 is 0 Å². The van der Waals surface area contributed by atoms with Crippen LogP contribution in [0, 0.1) is 5.41 Å². The third-order valence-electron chi connectivity index (χ3n) is 2.21. The molecule has 0 N–H and O–H groups in total. The van der Waals surface area contributed by atoms with Gasteiger partial charge in [0.25, 0.3) is 0 Å². The summed E-state index contributed by atoms with van der Waals surface area (Å²) in [7, 11) is 0. The van der Waals surface area contributed by atoms with Crippen LogP contribution in [0.1, 0.15) is 27.2 Å². The molecule has 0 aromatic carbocycles. The summed E-state index contributed by atoms with van der Waals surface area (Å²) in [5, 5.41) is 0. The summed E-state index contributed by atoms with van der Waals surface area (Å²) in [5.41, 5.74) is 1.87. The SMILES string of the molecule is C=C1C(=O)C=C(C)CC1(C)C. The van der Waals surface area contributed by atoms with E-state index < -0.39 is 0 Å². The molecular weight excluding hydrogens is 136 g/mol. The van der Waals surface area contributed by atoms with Gasteiger partial charge in [0.1, 0.15) is 0 Å². The van der Waals surface area contributed by atoms with E-state index in [4.69, 9.17) is 0 Å². The molecule has 60 valence electrons. The first kappa shape index (κ1) is 8.25. The van der Waals surface area contributed by atoms with Gasteiger partial charge in [0.15, 0.2) is 5.78 Å². The number of hydrogen-bond acceptors (Lipinski definition) is 1. The summed E-state index contributed by atoms with van der Waals surface area (Å²) < 4.78 is 0. The Morgan fingerprint density at radius 3 is 2.55 bits per heavy atom. The molecule has 0 heterocycles. The third kappa shape index (κ3) is 1.42. The van der Waals surface area contributed by atoms with E-state index in [0.29, 0.717) is 0 Å². The summed E-state index contributed by atoms with van der Waals surface area (Å²) in [6.07, 6.45) is 2.64. The molecule has 0 amide bonds. The molecule has 0 aromatic heterocycles. The largest absolute Gasteiger partial charge is 0.290 e. The smallest absolute Gasteiger partial charge is 0.181 e. The standard InChI is InChI=1S/C10H14O/c1-7-5-9(11)8(2)10(3,4)6-7/h5H,2,6H2,1,3-4H3. The van der Waals surface area contributed by atoms with Crippen LogP contribution in [0.4, 0.5) is 0 Å². The Hall–Kier alpha value is -0.850. The molecule has 0 saturated heterocycles. The van der Waals surface area contributed by atoms with Gasteiger partial charge in [-0.1, -0.05) is 26.0 Å². The second-order valence-corrected chi connectivity index (χ2v) is 3.89. The zero-order valence-corrected chi connectivity index (χ0v) is 7.40. The normalized spacial score (nSPS) is 23.4. The Bertz CT molecular complexity index is 244. The van der Waals surface area contributed by atoms with Crippen LogP contribution in [0.25, 0.3) is 0 Å². The molecule has 0 radical (unpaired) electrons. The van der Waals surface area contributed by atoms with Gasteiger partial charge >= 0.3 is 0 Å². The first-order valence-electron chi connectivity index (χ1n) is 3.84. The van der Waals surface area contributed by atoms with Crippen molar-refractivity contribution < 1.29 is 4.79 Å². The molecule has 0 aromatic rings. The van der Waals surface area contributed by atoms with E-state index >= 15 is 0 Å². The molecule has 1 aliphatic carbocycles. The molecule has 0 unspecified atom stereocenters. The maximum Gasteiger partial charge on any atom is 0.181 e. The molecular formula is C10H14O. The van der Waals surface area contributed by atoms with E-state index in [2.05, 4.69) is 20.4 Å². The Kier molecular flexibility index (Phi) is 1.75. The second-order valence-electron chi connectivity index (χ2n) is 3.89. The highest BCUT2D eigenvalue weighted by Gasteiger charge is 2.29. The second kappa shape index (κ2) is 2.33. The van der Waals surface area contributed by atoms with Gasteiger partial charge in [-0.2, -0.15) is 0 Å². The Labute approximate surface area is 67.8 Å². The summed E-state index contributed by atoms with van der Waals surface area (Å²) >= 11 is 0. The number of hydrogen-bond donors (Lipinski definition) is 0. The first-order chi connectivity index (χ1) is 4.93. The number of ketones is 1. The van der Waals surface area contributed by atoms with Gasteiger partial charge in [-0.05, 0) is 30.4 Å². The van der Waals surface area contributed by atoms with Gasteiger partial charge in [0.2, 0.25) is 0 Å². The van der Waals surface area contributed by atoms with E-state index in [-0.39, 0.29) is 11.2 Å². The number of allylic oxidation sites excluding steroid dienone is 3. The Morgan fingerprint density at radius 1 is 1.55 bits per heavy atom. The molecule has 1 heteroatoms. The van der Waals surface area contributed by atoms with Gasteiger partial charge in [-0.15, -0.1) is 0 Å². The van der Waals surface area contributed by atoms with Crippen LogP contribution in [0.2, 0.25) is 0 Å². The lowest BCUT2D eigenvalue weighted by Crippen LogP contribution is -2.24. The van der Waals surface area contributed by atoms with Crippen LogP contribution in [0.15, 0.2) is 23.8 Å². The molecule has 11 heavy (non-hydrogen) atoms. The van der Waals surface area contributed by atoms with Crippen LogP contribution in [-0.4, -0.2) is 5.78 Å². The summed E-state index contributed by atoms with van der Waals surface area (Å²) in [5.74, 6) is 0.0961.